The number of fused-ring (bicyclic) bond motifs is 2. The first-order chi connectivity index (χ1) is 13.4. The van der Waals surface area contributed by atoms with Crippen molar-refractivity contribution in [2.24, 2.45) is 0 Å². The van der Waals surface area contributed by atoms with Crippen LogP contribution in [0.4, 0.5) is 16.5 Å². The molecule has 1 N–H and O–H groups in total. The van der Waals surface area contributed by atoms with Crippen molar-refractivity contribution < 1.29 is 4.74 Å². The number of thiazole rings is 1. The number of nitrogens with zero attached hydrogens (tertiary/aromatic N) is 3. The molecule has 0 fully saturated rings. The number of hydrogen-bond donors (Lipinski definition) is 1. The molecular weight excluding hydrogens is 376 g/mol. The summed E-state index contributed by atoms with van der Waals surface area (Å²) in [6.07, 6.45) is 3.62. The number of hydrogen-bond acceptors (Lipinski definition) is 7. The van der Waals surface area contributed by atoms with Gasteiger partial charge in [0.2, 0.25) is 0 Å². The standard InChI is InChI=1S/C20H16N4OS2/c1-2-14-12-15(3-5-17(14)21-7-1)24-9-10-25-19-13-16(4-6-18(19)24)27-23-20-22-8-11-26-20/h1-8,11-13H,9-10H2,(H,22,23). The molecular formula is C20H16N4OS2. The van der Waals surface area contributed by atoms with Gasteiger partial charge in [0, 0.05) is 33.7 Å². The molecule has 0 saturated carbocycles. The third kappa shape index (κ3) is 3.31. The van der Waals surface area contributed by atoms with Crippen LogP contribution in [0.15, 0.2) is 71.2 Å². The first-order valence-corrected chi connectivity index (χ1v) is 10.3. The van der Waals surface area contributed by atoms with Gasteiger partial charge in [-0.3, -0.25) is 4.98 Å². The quantitative estimate of drug-likeness (QED) is 0.473. The van der Waals surface area contributed by atoms with Crippen LogP contribution in [-0.2, 0) is 0 Å². The number of rotatable bonds is 4. The minimum atomic E-state index is 0.659. The molecule has 0 saturated heterocycles. The van der Waals surface area contributed by atoms with Gasteiger partial charge in [-0.15, -0.1) is 11.3 Å². The zero-order valence-corrected chi connectivity index (χ0v) is 16.0. The van der Waals surface area contributed by atoms with Crippen molar-refractivity contribution in [2.45, 2.75) is 4.90 Å². The molecule has 2 aromatic carbocycles. The molecule has 7 heteroatoms. The van der Waals surface area contributed by atoms with Crippen molar-refractivity contribution in [3.63, 3.8) is 0 Å². The van der Waals surface area contributed by atoms with E-state index in [1.54, 1.807) is 29.5 Å². The van der Waals surface area contributed by atoms with Gasteiger partial charge in [0.1, 0.15) is 12.4 Å². The minimum absolute atomic E-state index is 0.659. The fourth-order valence-electron chi connectivity index (χ4n) is 3.14. The lowest BCUT2D eigenvalue weighted by molar-refractivity contribution is 0.313. The molecule has 134 valence electrons. The summed E-state index contributed by atoms with van der Waals surface area (Å²) in [7, 11) is 0. The fraction of sp³-hybridized carbons (Fsp3) is 0.100. The van der Waals surface area contributed by atoms with Crippen LogP contribution in [0.25, 0.3) is 10.9 Å². The Morgan fingerprint density at radius 3 is 3.00 bits per heavy atom. The smallest absolute Gasteiger partial charge is 0.192 e. The first kappa shape index (κ1) is 16.4. The van der Waals surface area contributed by atoms with Gasteiger partial charge in [0.15, 0.2) is 5.13 Å². The summed E-state index contributed by atoms with van der Waals surface area (Å²) in [5.41, 5.74) is 3.25. The summed E-state index contributed by atoms with van der Waals surface area (Å²) in [4.78, 5) is 12.0. The predicted octanol–water partition coefficient (Wildman–Crippen LogP) is 5.34. The van der Waals surface area contributed by atoms with E-state index in [9.17, 15) is 0 Å². The lowest BCUT2D eigenvalue weighted by Crippen LogP contribution is -2.28. The highest BCUT2D eigenvalue weighted by Crippen LogP contribution is 2.39. The lowest BCUT2D eigenvalue weighted by Gasteiger charge is -2.31. The lowest BCUT2D eigenvalue weighted by atomic mass is 10.1. The molecule has 3 heterocycles. The average molecular weight is 393 g/mol. The zero-order chi connectivity index (χ0) is 18.1. The van der Waals surface area contributed by atoms with E-state index in [2.05, 4.69) is 62.1 Å². The number of pyridine rings is 1. The molecule has 1 aliphatic heterocycles. The van der Waals surface area contributed by atoms with Crippen LogP contribution in [0.2, 0.25) is 0 Å². The monoisotopic (exact) mass is 392 g/mol. The van der Waals surface area contributed by atoms with E-state index in [1.165, 1.54) is 0 Å². The molecule has 0 amide bonds. The molecule has 0 radical (unpaired) electrons. The Morgan fingerprint density at radius 2 is 2.07 bits per heavy atom. The molecule has 0 aliphatic carbocycles. The third-order valence-corrected chi connectivity index (χ3v) is 5.98. The Labute approximate surface area is 165 Å². The second-order valence-electron chi connectivity index (χ2n) is 6.05. The summed E-state index contributed by atoms with van der Waals surface area (Å²) in [5.74, 6) is 0.901. The van der Waals surface area contributed by atoms with Gasteiger partial charge in [0.25, 0.3) is 0 Å². The van der Waals surface area contributed by atoms with Crippen molar-refractivity contribution >= 4 is 50.7 Å². The molecule has 0 spiro atoms. The predicted molar refractivity (Wildman–Crippen MR) is 112 cm³/mol. The Bertz CT molecular complexity index is 1080. The van der Waals surface area contributed by atoms with E-state index in [0.29, 0.717) is 6.61 Å². The molecule has 5 nitrogen and oxygen atoms in total. The number of aromatic nitrogens is 2. The molecule has 2 aromatic heterocycles. The van der Waals surface area contributed by atoms with Crippen LogP contribution >= 0.6 is 23.3 Å². The van der Waals surface area contributed by atoms with Crippen LogP contribution < -0.4 is 14.4 Å². The van der Waals surface area contributed by atoms with Gasteiger partial charge >= 0.3 is 0 Å². The number of nitrogens with one attached hydrogen (secondary N) is 1. The summed E-state index contributed by atoms with van der Waals surface area (Å²) in [6.45, 7) is 1.48. The van der Waals surface area contributed by atoms with Crippen molar-refractivity contribution in [1.82, 2.24) is 9.97 Å². The number of anilines is 3. The van der Waals surface area contributed by atoms with E-state index < -0.39 is 0 Å². The Kier molecular flexibility index (Phi) is 4.31. The highest BCUT2D eigenvalue weighted by molar-refractivity contribution is 8.00. The normalized spacial score (nSPS) is 13.3. The Hall–Kier alpha value is -2.77. The van der Waals surface area contributed by atoms with E-state index in [-0.39, 0.29) is 0 Å². The topological polar surface area (TPSA) is 50.3 Å². The minimum Gasteiger partial charge on any atom is -0.489 e. The van der Waals surface area contributed by atoms with Crippen molar-refractivity contribution in [2.75, 3.05) is 22.8 Å². The molecule has 0 bridgehead atoms. The van der Waals surface area contributed by atoms with E-state index in [1.807, 2.05) is 17.6 Å². The van der Waals surface area contributed by atoms with Gasteiger partial charge < -0.3 is 14.4 Å². The van der Waals surface area contributed by atoms with Gasteiger partial charge in [-0.1, -0.05) is 6.07 Å². The summed E-state index contributed by atoms with van der Waals surface area (Å²) >= 11 is 3.12. The van der Waals surface area contributed by atoms with Crippen LogP contribution in [0, 0.1) is 0 Å². The second kappa shape index (κ2) is 7.09. The van der Waals surface area contributed by atoms with Gasteiger partial charge in [-0.25, -0.2) is 4.98 Å². The SMILES string of the molecule is c1cnc2ccc(N3CCOc4cc(SNc5nccs5)ccc43)cc2c1. The summed E-state index contributed by atoms with van der Waals surface area (Å²) in [6, 6.07) is 16.7. The highest BCUT2D eigenvalue weighted by atomic mass is 32.2. The molecule has 0 unspecified atom stereocenters. The van der Waals surface area contributed by atoms with Gasteiger partial charge in [-0.05, 0) is 54.4 Å². The van der Waals surface area contributed by atoms with Crippen LogP contribution in [-0.4, -0.2) is 23.1 Å². The molecule has 27 heavy (non-hydrogen) atoms. The van der Waals surface area contributed by atoms with Crippen molar-refractivity contribution in [3.05, 3.63) is 66.3 Å². The fourth-order valence-corrected chi connectivity index (χ4v) is 4.39. The van der Waals surface area contributed by atoms with Crippen LogP contribution in [0.3, 0.4) is 0 Å². The van der Waals surface area contributed by atoms with Crippen molar-refractivity contribution in [3.8, 4) is 5.75 Å². The van der Waals surface area contributed by atoms with Gasteiger partial charge in [0.05, 0.1) is 17.7 Å². The molecule has 4 aromatic rings. The van der Waals surface area contributed by atoms with E-state index in [0.717, 1.165) is 44.6 Å². The zero-order valence-electron chi connectivity index (χ0n) is 14.3. The van der Waals surface area contributed by atoms with Crippen LogP contribution in [0.1, 0.15) is 0 Å². The van der Waals surface area contributed by atoms with Gasteiger partial charge in [-0.2, -0.15) is 0 Å². The average Bonchev–Trinajstić information content (AvgIpc) is 3.25. The number of benzene rings is 2. The molecule has 0 atom stereocenters. The third-order valence-electron chi connectivity index (χ3n) is 4.38. The maximum atomic E-state index is 5.93. The molecule has 5 rings (SSSR count). The largest absolute Gasteiger partial charge is 0.489 e. The summed E-state index contributed by atoms with van der Waals surface area (Å²) < 4.78 is 9.19. The maximum absolute atomic E-state index is 5.93. The second-order valence-corrected chi connectivity index (χ2v) is 7.83. The Balaban J connectivity index is 1.43. The highest BCUT2D eigenvalue weighted by Gasteiger charge is 2.20. The Morgan fingerprint density at radius 1 is 1.07 bits per heavy atom. The van der Waals surface area contributed by atoms with Crippen molar-refractivity contribution in [1.29, 1.82) is 0 Å². The molecule has 1 aliphatic rings. The number of ether oxygens (including phenoxy) is 1. The first-order valence-electron chi connectivity index (χ1n) is 8.58. The summed E-state index contributed by atoms with van der Waals surface area (Å²) in [5, 5.41) is 3.99. The van der Waals surface area contributed by atoms with E-state index >= 15 is 0 Å². The maximum Gasteiger partial charge on any atom is 0.192 e. The van der Waals surface area contributed by atoms with E-state index in [4.69, 9.17) is 4.74 Å². The van der Waals surface area contributed by atoms with Crippen LogP contribution in [0.5, 0.6) is 5.75 Å².